The van der Waals surface area contributed by atoms with E-state index in [4.69, 9.17) is 4.43 Å². The van der Waals surface area contributed by atoms with E-state index in [0.717, 1.165) is 4.47 Å². The first-order chi connectivity index (χ1) is 10.2. The minimum Gasteiger partial charge on any atom is -0.413 e. The van der Waals surface area contributed by atoms with Crippen molar-refractivity contribution >= 4 is 35.8 Å². The van der Waals surface area contributed by atoms with Crippen LogP contribution in [0.15, 0.2) is 22.7 Å². The van der Waals surface area contributed by atoms with Crippen LogP contribution in [0.4, 0.5) is 18.9 Å². The monoisotopic (exact) mass is 411 g/mol. The van der Waals surface area contributed by atoms with Gasteiger partial charge < -0.3 is 9.74 Å². The average Bonchev–Trinajstić information content (AvgIpc) is 2.37. The van der Waals surface area contributed by atoms with Crippen molar-refractivity contribution < 1.29 is 22.4 Å². The molecule has 0 unspecified atom stereocenters. The molecule has 0 aliphatic rings. The van der Waals surface area contributed by atoms with Crippen LogP contribution in [0.1, 0.15) is 26.3 Å². The zero-order valence-electron chi connectivity index (χ0n) is 13.8. The maximum absolute atomic E-state index is 12.3. The summed E-state index contributed by atoms with van der Waals surface area (Å²) >= 11 is 3.35. The van der Waals surface area contributed by atoms with Gasteiger partial charge in [-0.1, -0.05) is 36.7 Å². The first-order valence-corrected chi connectivity index (χ1v) is 10.7. The molecule has 0 aliphatic heterocycles. The summed E-state index contributed by atoms with van der Waals surface area (Å²) in [4.78, 5) is 11.0. The second kappa shape index (κ2) is 6.94. The van der Waals surface area contributed by atoms with Gasteiger partial charge in [-0.15, -0.1) is 0 Å². The minimum absolute atomic E-state index is 0.0294. The van der Waals surface area contributed by atoms with Gasteiger partial charge in [-0.3, -0.25) is 4.79 Å². The SMILES string of the molecule is CC(C)(C)[Si](C)(C)OCc1cc(NC(=O)C(F)(F)F)ccc1Br. The van der Waals surface area contributed by atoms with Crippen LogP contribution in [0.2, 0.25) is 18.1 Å². The molecule has 1 rings (SSSR count). The number of rotatable bonds is 4. The third-order valence-electron chi connectivity index (χ3n) is 3.96. The predicted octanol–water partition coefficient (Wildman–Crippen LogP) is 5.47. The molecule has 0 bridgehead atoms. The number of alkyl halides is 3. The fourth-order valence-corrected chi connectivity index (χ4v) is 2.75. The van der Waals surface area contributed by atoms with Crippen molar-refractivity contribution in [2.45, 2.75) is 51.7 Å². The van der Waals surface area contributed by atoms with Gasteiger partial charge in [0.15, 0.2) is 8.32 Å². The highest BCUT2D eigenvalue weighted by Gasteiger charge is 2.39. The number of hydrogen-bond donors (Lipinski definition) is 1. The summed E-state index contributed by atoms with van der Waals surface area (Å²) in [5, 5.41) is 1.88. The van der Waals surface area contributed by atoms with E-state index in [2.05, 4.69) is 49.8 Å². The largest absolute Gasteiger partial charge is 0.471 e. The van der Waals surface area contributed by atoms with Crippen LogP contribution >= 0.6 is 15.9 Å². The Hall–Kier alpha value is -0.863. The van der Waals surface area contributed by atoms with Gasteiger partial charge in [-0.25, -0.2) is 0 Å². The van der Waals surface area contributed by atoms with Crippen LogP contribution in [0.3, 0.4) is 0 Å². The first kappa shape index (κ1) is 20.2. The molecule has 1 amide bonds. The van der Waals surface area contributed by atoms with Gasteiger partial charge >= 0.3 is 12.1 Å². The van der Waals surface area contributed by atoms with Crippen molar-refractivity contribution in [2.24, 2.45) is 0 Å². The first-order valence-electron chi connectivity index (χ1n) is 7.04. The van der Waals surface area contributed by atoms with E-state index in [1.54, 1.807) is 6.07 Å². The van der Waals surface area contributed by atoms with Crippen LogP contribution in [0, 0.1) is 0 Å². The summed E-state index contributed by atoms with van der Waals surface area (Å²) in [6.45, 7) is 10.8. The zero-order chi connectivity index (χ0) is 18.1. The van der Waals surface area contributed by atoms with Crippen LogP contribution < -0.4 is 5.32 Å². The van der Waals surface area contributed by atoms with E-state index in [1.807, 2.05) is 5.32 Å². The number of hydrogen-bond acceptors (Lipinski definition) is 2. The summed E-state index contributed by atoms with van der Waals surface area (Å²) in [7, 11) is -1.98. The number of amides is 1. The predicted molar refractivity (Wildman–Crippen MR) is 90.8 cm³/mol. The Kier molecular flexibility index (Phi) is 6.09. The fourth-order valence-electron chi connectivity index (χ4n) is 1.44. The topological polar surface area (TPSA) is 38.3 Å². The molecule has 0 fully saturated rings. The molecule has 8 heteroatoms. The van der Waals surface area contributed by atoms with Gasteiger partial charge in [-0.2, -0.15) is 13.2 Å². The van der Waals surface area contributed by atoms with Crippen molar-refractivity contribution in [1.29, 1.82) is 0 Å². The Morgan fingerprint density at radius 3 is 2.30 bits per heavy atom. The van der Waals surface area contributed by atoms with Crippen molar-refractivity contribution in [2.75, 3.05) is 5.32 Å². The summed E-state index contributed by atoms with van der Waals surface area (Å²) in [5.74, 6) is -1.99. The van der Waals surface area contributed by atoms with E-state index in [0.29, 0.717) is 5.56 Å². The Morgan fingerprint density at radius 2 is 1.83 bits per heavy atom. The standard InChI is InChI=1S/C15H21BrF3NO2Si/c1-14(2,3)23(4,5)22-9-10-8-11(6-7-12(10)16)20-13(21)15(17,18)19/h6-8H,9H2,1-5H3,(H,20,21). The van der Waals surface area contributed by atoms with Gasteiger partial charge in [0.1, 0.15) is 0 Å². The number of benzene rings is 1. The molecule has 3 nitrogen and oxygen atoms in total. The quantitative estimate of drug-likeness (QED) is 0.666. The van der Waals surface area contributed by atoms with Gasteiger partial charge in [-0.05, 0) is 41.9 Å². The Bertz CT molecular complexity index is 583. The van der Waals surface area contributed by atoms with Crippen LogP contribution in [0.5, 0.6) is 0 Å². The summed E-state index contributed by atoms with van der Waals surface area (Å²) in [5.41, 5.74) is 0.777. The Balaban J connectivity index is 2.89. The van der Waals surface area contributed by atoms with E-state index < -0.39 is 20.4 Å². The third-order valence-corrected chi connectivity index (χ3v) is 9.21. The minimum atomic E-state index is -4.91. The molecule has 0 heterocycles. The lowest BCUT2D eigenvalue weighted by Gasteiger charge is -2.36. The molecule has 0 aromatic heterocycles. The van der Waals surface area contributed by atoms with Crippen molar-refractivity contribution in [3.8, 4) is 0 Å². The molecule has 0 atom stereocenters. The van der Waals surface area contributed by atoms with Gasteiger partial charge in [0.2, 0.25) is 0 Å². The molecule has 0 aliphatic carbocycles. The van der Waals surface area contributed by atoms with Crippen LogP contribution in [0.25, 0.3) is 0 Å². The maximum Gasteiger partial charge on any atom is 0.471 e. The van der Waals surface area contributed by atoms with Gasteiger partial charge in [0.25, 0.3) is 0 Å². The molecule has 0 spiro atoms. The molecule has 1 aromatic carbocycles. The number of nitrogens with one attached hydrogen (secondary N) is 1. The molecule has 0 saturated heterocycles. The number of carbonyl (C=O) groups is 1. The zero-order valence-corrected chi connectivity index (χ0v) is 16.4. The van der Waals surface area contributed by atoms with Crippen molar-refractivity contribution in [1.82, 2.24) is 0 Å². The fraction of sp³-hybridized carbons (Fsp3) is 0.533. The second-order valence-electron chi connectivity index (χ2n) is 6.81. The molecule has 1 aromatic rings. The van der Waals surface area contributed by atoms with Gasteiger partial charge in [0.05, 0.1) is 6.61 Å². The van der Waals surface area contributed by atoms with Crippen LogP contribution in [-0.4, -0.2) is 20.4 Å². The number of halogens is 4. The van der Waals surface area contributed by atoms with Gasteiger partial charge in [0, 0.05) is 10.2 Å². The lowest BCUT2D eigenvalue weighted by molar-refractivity contribution is -0.167. The van der Waals surface area contributed by atoms with Crippen molar-refractivity contribution in [3.05, 3.63) is 28.2 Å². The molecule has 1 N–H and O–H groups in total. The smallest absolute Gasteiger partial charge is 0.413 e. The Morgan fingerprint density at radius 1 is 1.26 bits per heavy atom. The highest BCUT2D eigenvalue weighted by atomic mass is 79.9. The number of carbonyl (C=O) groups excluding carboxylic acids is 1. The van der Waals surface area contributed by atoms with E-state index >= 15 is 0 Å². The summed E-state index contributed by atoms with van der Waals surface area (Å²) < 4.78 is 43.7. The molecular weight excluding hydrogens is 391 g/mol. The molecule has 130 valence electrons. The van der Waals surface area contributed by atoms with E-state index in [-0.39, 0.29) is 17.3 Å². The summed E-state index contributed by atoms with van der Waals surface area (Å²) in [6.07, 6.45) is -4.91. The second-order valence-corrected chi connectivity index (χ2v) is 12.5. The van der Waals surface area contributed by atoms with E-state index in [1.165, 1.54) is 12.1 Å². The van der Waals surface area contributed by atoms with Crippen molar-refractivity contribution in [3.63, 3.8) is 0 Å². The molecule has 0 radical (unpaired) electrons. The molecular formula is C15H21BrF3NO2Si. The molecule has 0 saturated carbocycles. The average molecular weight is 412 g/mol. The lowest BCUT2D eigenvalue weighted by Crippen LogP contribution is -2.40. The molecule has 23 heavy (non-hydrogen) atoms. The lowest BCUT2D eigenvalue weighted by atomic mass is 10.2. The highest BCUT2D eigenvalue weighted by Crippen LogP contribution is 2.37. The maximum atomic E-state index is 12.3. The normalized spacial score (nSPS) is 13.1. The number of anilines is 1. The Labute approximate surface area is 143 Å². The van der Waals surface area contributed by atoms with E-state index in [9.17, 15) is 18.0 Å². The third kappa shape index (κ3) is 5.61. The summed E-state index contributed by atoms with van der Waals surface area (Å²) in [6, 6.07) is 4.49. The highest BCUT2D eigenvalue weighted by molar-refractivity contribution is 9.10. The van der Waals surface area contributed by atoms with Crippen LogP contribution in [-0.2, 0) is 15.8 Å².